The minimum absolute atomic E-state index is 0.166. The van der Waals surface area contributed by atoms with Crippen molar-refractivity contribution in [2.24, 2.45) is 0 Å². The van der Waals surface area contributed by atoms with Gasteiger partial charge in [0.05, 0.1) is 0 Å². The van der Waals surface area contributed by atoms with Gasteiger partial charge in [-0.15, -0.1) is 0 Å². The molecule has 21 heavy (non-hydrogen) atoms. The van der Waals surface area contributed by atoms with Gasteiger partial charge in [0.25, 0.3) is 0 Å². The summed E-state index contributed by atoms with van der Waals surface area (Å²) < 4.78 is 27.4. The minimum Gasteiger partial charge on any atom is -0.294 e. The van der Waals surface area contributed by atoms with Gasteiger partial charge in [-0.3, -0.25) is 4.79 Å². The molecule has 0 aliphatic rings. The van der Waals surface area contributed by atoms with Crippen molar-refractivity contribution in [3.05, 3.63) is 69.3 Å². The molecule has 0 spiro atoms. The third kappa shape index (κ3) is 2.87. The van der Waals surface area contributed by atoms with Crippen LogP contribution in [0.25, 0.3) is 0 Å². The molecular formula is C18H18F2O. The average Bonchev–Trinajstić information content (AvgIpc) is 2.41. The molecule has 0 atom stereocenters. The summed E-state index contributed by atoms with van der Waals surface area (Å²) in [6.07, 6.45) is -0.261. The molecule has 0 heterocycles. The van der Waals surface area contributed by atoms with Crippen LogP contribution in [-0.2, 0) is 6.42 Å². The van der Waals surface area contributed by atoms with Crippen molar-refractivity contribution in [1.82, 2.24) is 0 Å². The number of carbonyl (C=O) groups is 1. The van der Waals surface area contributed by atoms with E-state index in [0.717, 1.165) is 22.3 Å². The van der Waals surface area contributed by atoms with Crippen molar-refractivity contribution >= 4 is 5.78 Å². The Balaban J connectivity index is 2.47. The summed E-state index contributed by atoms with van der Waals surface area (Å²) in [6, 6.07) is 5.66. The Morgan fingerprint density at radius 1 is 0.952 bits per heavy atom. The second-order valence-electron chi connectivity index (χ2n) is 5.44. The highest BCUT2D eigenvalue weighted by molar-refractivity contribution is 6.00. The Kier molecular flexibility index (Phi) is 4.21. The van der Waals surface area contributed by atoms with E-state index in [1.54, 1.807) is 0 Å². The van der Waals surface area contributed by atoms with E-state index in [1.165, 1.54) is 18.2 Å². The van der Waals surface area contributed by atoms with Gasteiger partial charge in [0.15, 0.2) is 5.78 Å². The average molecular weight is 288 g/mol. The normalized spacial score (nSPS) is 10.8. The van der Waals surface area contributed by atoms with Crippen molar-refractivity contribution in [3.8, 4) is 0 Å². The Hall–Kier alpha value is -2.03. The minimum atomic E-state index is -0.678. The largest absolute Gasteiger partial charge is 0.294 e. The van der Waals surface area contributed by atoms with Gasteiger partial charge in [-0.2, -0.15) is 0 Å². The summed E-state index contributed by atoms with van der Waals surface area (Å²) in [5, 5.41) is 0. The van der Waals surface area contributed by atoms with E-state index in [2.05, 4.69) is 0 Å². The van der Waals surface area contributed by atoms with Crippen LogP contribution in [0.2, 0.25) is 0 Å². The van der Waals surface area contributed by atoms with E-state index in [9.17, 15) is 13.6 Å². The van der Waals surface area contributed by atoms with Crippen molar-refractivity contribution in [3.63, 3.8) is 0 Å². The standard InChI is InChI=1S/C18H18F2O/c1-10-8-11(2)13(4)18(12(10)3)17(21)9-14-15(19)6-5-7-16(14)20/h5-8H,9H2,1-4H3. The van der Waals surface area contributed by atoms with E-state index in [0.29, 0.717) is 5.56 Å². The number of Topliss-reactive ketones (excluding diaryl/α,β-unsaturated/α-hetero) is 1. The van der Waals surface area contributed by atoms with Crippen LogP contribution in [0.1, 0.15) is 38.2 Å². The van der Waals surface area contributed by atoms with E-state index in [4.69, 9.17) is 0 Å². The lowest BCUT2D eigenvalue weighted by Crippen LogP contribution is -2.12. The first-order valence-corrected chi connectivity index (χ1v) is 6.86. The second kappa shape index (κ2) is 5.76. The number of benzene rings is 2. The first kappa shape index (κ1) is 15.4. The van der Waals surface area contributed by atoms with E-state index in [-0.39, 0.29) is 17.8 Å². The van der Waals surface area contributed by atoms with Gasteiger partial charge < -0.3 is 0 Å². The summed E-state index contributed by atoms with van der Waals surface area (Å²) in [6.45, 7) is 7.60. The molecule has 0 saturated heterocycles. The fourth-order valence-electron chi connectivity index (χ4n) is 2.59. The summed E-state index contributed by atoms with van der Waals surface area (Å²) in [5.74, 6) is -1.60. The fourth-order valence-corrected chi connectivity index (χ4v) is 2.59. The van der Waals surface area contributed by atoms with Crippen LogP contribution in [0.5, 0.6) is 0 Å². The third-order valence-corrected chi connectivity index (χ3v) is 4.04. The van der Waals surface area contributed by atoms with Crippen LogP contribution in [0, 0.1) is 39.3 Å². The molecule has 3 heteroatoms. The SMILES string of the molecule is Cc1cc(C)c(C)c(C(=O)Cc2c(F)cccc2F)c1C. The van der Waals surface area contributed by atoms with Crippen LogP contribution < -0.4 is 0 Å². The maximum atomic E-state index is 13.7. The van der Waals surface area contributed by atoms with E-state index >= 15 is 0 Å². The first-order chi connectivity index (χ1) is 9.82. The smallest absolute Gasteiger partial charge is 0.168 e. The fraction of sp³-hybridized carbons (Fsp3) is 0.278. The molecular weight excluding hydrogens is 270 g/mol. The van der Waals surface area contributed by atoms with Gasteiger partial charge in [-0.1, -0.05) is 12.1 Å². The van der Waals surface area contributed by atoms with Crippen LogP contribution in [-0.4, -0.2) is 5.78 Å². The second-order valence-corrected chi connectivity index (χ2v) is 5.44. The number of hydrogen-bond donors (Lipinski definition) is 0. The van der Waals surface area contributed by atoms with Crippen LogP contribution in [0.4, 0.5) is 8.78 Å². The van der Waals surface area contributed by atoms with Gasteiger partial charge >= 0.3 is 0 Å². The summed E-state index contributed by atoms with van der Waals surface area (Å²) >= 11 is 0. The zero-order valence-electron chi connectivity index (χ0n) is 12.7. The number of carbonyl (C=O) groups excluding carboxylic acids is 1. The first-order valence-electron chi connectivity index (χ1n) is 6.86. The molecule has 0 radical (unpaired) electrons. The van der Waals surface area contributed by atoms with Gasteiger partial charge in [0, 0.05) is 17.5 Å². The number of ketones is 1. The van der Waals surface area contributed by atoms with Gasteiger partial charge in [-0.25, -0.2) is 8.78 Å². The molecule has 0 unspecified atom stereocenters. The predicted octanol–water partition coefficient (Wildman–Crippen LogP) is 4.62. The number of aryl methyl sites for hydroxylation is 2. The third-order valence-electron chi connectivity index (χ3n) is 4.04. The summed E-state index contributed by atoms with van der Waals surface area (Å²) in [7, 11) is 0. The Morgan fingerprint density at radius 2 is 1.43 bits per heavy atom. The molecule has 0 bridgehead atoms. The summed E-state index contributed by atoms with van der Waals surface area (Å²) in [5.41, 5.74) is 4.18. The molecule has 0 amide bonds. The highest BCUT2D eigenvalue weighted by atomic mass is 19.1. The van der Waals surface area contributed by atoms with Crippen LogP contribution in [0.15, 0.2) is 24.3 Å². The zero-order valence-corrected chi connectivity index (χ0v) is 12.7. The lowest BCUT2D eigenvalue weighted by Gasteiger charge is -2.14. The van der Waals surface area contributed by atoms with Gasteiger partial charge in [0.1, 0.15) is 11.6 Å². The molecule has 0 aliphatic carbocycles. The van der Waals surface area contributed by atoms with Crippen molar-refractivity contribution < 1.29 is 13.6 Å². The molecule has 0 aromatic heterocycles. The number of rotatable bonds is 3. The topological polar surface area (TPSA) is 17.1 Å². The molecule has 0 aliphatic heterocycles. The predicted molar refractivity (Wildman–Crippen MR) is 79.8 cm³/mol. The van der Waals surface area contributed by atoms with E-state index < -0.39 is 11.6 Å². The van der Waals surface area contributed by atoms with Crippen LogP contribution >= 0.6 is 0 Å². The van der Waals surface area contributed by atoms with Crippen molar-refractivity contribution in [1.29, 1.82) is 0 Å². The molecule has 2 aromatic carbocycles. The Labute approximate surface area is 123 Å². The molecule has 0 N–H and O–H groups in total. The van der Waals surface area contributed by atoms with E-state index in [1.807, 2.05) is 33.8 Å². The maximum Gasteiger partial charge on any atom is 0.168 e. The zero-order chi connectivity index (χ0) is 15.7. The van der Waals surface area contributed by atoms with Gasteiger partial charge in [-0.05, 0) is 62.1 Å². The molecule has 1 nitrogen and oxygen atoms in total. The number of hydrogen-bond acceptors (Lipinski definition) is 1. The molecule has 110 valence electrons. The lowest BCUT2D eigenvalue weighted by molar-refractivity contribution is 0.0989. The molecule has 0 saturated carbocycles. The van der Waals surface area contributed by atoms with Crippen molar-refractivity contribution in [2.45, 2.75) is 34.1 Å². The molecule has 2 aromatic rings. The summed E-state index contributed by atoms with van der Waals surface area (Å²) in [4.78, 5) is 12.5. The highest BCUT2D eigenvalue weighted by Crippen LogP contribution is 2.24. The quantitative estimate of drug-likeness (QED) is 0.753. The van der Waals surface area contributed by atoms with Crippen molar-refractivity contribution in [2.75, 3.05) is 0 Å². The monoisotopic (exact) mass is 288 g/mol. The van der Waals surface area contributed by atoms with Crippen LogP contribution in [0.3, 0.4) is 0 Å². The molecule has 2 rings (SSSR count). The number of halogens is 2. The lowest BCUT2D eigenvalue weighted by atomic mass is 9.89. The Bertz CT molecular complexity index is 671. The van der Waals surface area contributed by atoms with Gasteiger partial charge in [0.2, 0.25) is 0 Å². The maximum absolute atomic E-state index is 13.7. The highest BCUT2D eigenvalue weighted by Gasteiger charge is 2.19. The molecule has 0 fully saturated rings. The Morgan fingerprint density at radius 3 is 1.90 bits per heavy atom.